The molecular formula is C27H23NO5S2. The van der Waals surface area contributed by atoms with E-state index in [4.69, 9.17) is 21.7 Å². The molecular weight excluding hydrogens is 482 g/mol. The minimum atomic E-state index is -1.19. The van der Waals surface area contributed by atoms with Gasteiger partial charge in [-0.1, -0.05) is 84.6 Å². The van der Waals surface area contributed by atoms with Gasteiger partial charge < -0.3 is 14.6 Å². The summed E-state index contributed by atoms with van der Waals surface area (Å²) in [6.45, 7) is 2.43. The first-order chi connectivity index (χ1) is 16.9. The first kappa shape index (κ1) is 24.5. The third kappa shape index (κ3) is 5.39. The van der Waals surface area contributed by atoms with Crippen molar-refractivity contribution in [3.8, 4) is 11.5 Å². The smallest absolute Gasteiger partial charge is 0.331 e. The number of carboxylic acid groups (broad SMARTS) is 1. The number of aliphatic carboxylic acids is 1. The molecule has 1 amide bonds. The number of methoxy groups -OCH3 is 1. The van der Waals surface area contributed by atoms with Gasteiger partial charge in [-0.05, 0) is 47.4 Å². The zero-order valence-corrected chi connectivity index (χ0v) is 20.8. The predicted molar refractivity (Wildman–Crippen MR) is 140 cm³/mol. The summed E-state index contributed by atoms with van der Waals surface area (Å²) in [5, 5.41) is 9.83. The van der Waals surface area contributed by atoms with Crippen LogP contribution < -0.4 is 9.47 Å². The topological polar surface area (TPSA) is 76.1 Å². The lowest BCUT2D eigenvalue weighted by atomic mass is 10.1. The van der Waals surface area contributed by atoms with E-state index in [-0.39, 0.29) is 4.32 Å². The van der Waals surface area contributed by atoms with Gasteiger partial charge in [0.25, 0.3) is 5.91 Å². The van der Waals surface area contributed by atoms with Crippen molar-refractivity contribution in [2.24, 2.45) is 0 Å². The van der Waals surface area contributed by atoms with E-state index in [9.17, 15) is 14.7 Å². The minimum Gasteiger partial charge on any atom is -0.493 e. The molecule has 0 aromatic heterocycles. The second kappa shape index (κ2) is 10.8. The highest BCUT2D eigenvalue weighted by Gasteiger charge is 2.41. The van der Waals surface area contributed by atoms with Gasteiger partial charge in [0.15, 0.2) is 17.5 Å². The Balaban J connectivity index is 1.56. The number of carbonyl (C=O) groups is 2. The maximum Gasteiger partial charge on any atom is 0.331 e. The van der Waals surface area contributed by atoms with Crippen LogP contribution in [0, 0.1) is 6.92 Å². The number of carbonyl (C=O) groups excluding carboxylic acids is 1. The molecule has 3 aromatic carbocycles. The molecule has 1 unspecified atom stereocenters. The second-order valence-corrected chi connectivity index (χ2v) is 9.50. The van der Waals surface area contributed by atoms with E-state index in [1.807, 2.05) is 37.3 Å². The summed E-state index contributed by atoms with van der Waals surface area (Å²) >= 11 is 6.46. The van der Waals surface area contributed by atoms with Crippen LogP contribution in [0.3, 0.4) is 0 Å². The molecule has 1 aliphatic heterocycles. The molecule has 6 nitrogen and oxygen atoms in total. The van der Waals surface area contributed by atoms with Crippen molar-refractivity contribution in [2.45, 2.75) is 19.6 Å². The second-order valence-electron chi connectivity index (χ2n) is 7.83. The quantitative estimate of drug-likeness (QED) is 0.315. The molecule has 1 heterocycles. The number of aryl methyl sites for hydroxylation is 1. The van der Waals surface area contributed by atoms with Gasteiger partial charge in [0.2, 0.25) is 0 Å². The third-order valence-electron chi connectivity index (χ3n) is 5.56. The normalized spacial score (nSPS) is 15.4. The molecule has 8 heteroatoms. The number of thioether (sulfide) groups is 1. The number of rotatable bonds is 8. The Morgan fingerprint density at radius 1 is 1.09 bits per heavy atom. The molecule has 0 aliphatic carbocycles. The Labute approximate surface area is 213 Å². The maximum absolute atomic E-state index is 13.2. The van der Waals surface area contributed by atoms with E-state index < -0.39 is 17.9 Å². The highest BCUT2D eigenvalue weighted by Crippen LogP contribution is 2.39. The van der Waals surface area contributed by atoms with Crippen molar-refractivity contribution in [1.29, 1.82) is 0 Å². The number of hydrogen-bond acceptors (Lipinski definition) is 6. The number of thiocarbonyl (C=S) groups is 1. The van der Waals surface area contributed by atoms with Crippen molar-refractivity contribution in [3.63, 3.8) is 0 Å². The summed E-state index contributed by atoms with van der Waals surface area (Å²) in [7, 11) is 1.55. The van der Waals surface area contributed by atoms with Gasteiger partial charge in [0, 0.05) is 0 Å². The van der Waals surface area contributed by atoms with Crippen molar-refractivity contribution < 1.29 is 24.2 Å². The van der Waals surface area contributed by atoms with Gasteiger partial charge in [-0.15, -0.1) is 0 Å². The molecule has 178 valence electrons. The van der Waals surface area contributed by atoms with Crippen LogP contribution in [0.15, 0.2) is 77.7 Å². The van der Waals surface area contributed by atoms with Crippen LogP contribution in [-0.4, -0.2) is 33.3 Å². The number of ether oxygens (including phenoxy) is 2. The number of amides is 1. The van der Waals surface area contributed by atoms with Gasteiger partial charge >= 0.3 is 5.97 Å². The van der Waals surface area contributed by atoms with Gasteiger partial charge in [-0.3, -0.25) is 9.69 Å². The highest BCUT2D eigenvalue weighted by molar-refractivity contribution is 8.26. The average Bonchev–Trinajstić information content (AvgIpc) is 3.12. The predicted octanol–water partition coefficient (Wildman–Crippen LogP) is 5.61. The Morgan fingerprint density at radius 3 is 2.49 bits per heavy atom. The van der Waals surface area contributed by atoms with E-state index in [1.165, 1.54) is 0 Å². The SMILES string of the molecule is COc1cc(/C=C2\SC(=S)N(C(C(=O)O)c3ccccc3)C2=O)ccc1OCc1ccccc1C. The summed E-state index contributed by atoms with van der Waals surface area (Å²) in [4.78, 5) is 26.7. The highest BCUT2D eigenvalue weighted by atomic mass is 32.2. The van der Waals surface area contributed by atoms with Crippen LogP contribution in [-0.2, 0) is 16.2 Å². The largest absolute Gasteiger partial charge is 0.493 e. The molecule has 1 saturated heterocycles. The van der Waals surface area contributed by atoms with E-state index >= 15 is 0 Å². The fourth-order valence-electron chi connectivity index (χ4n) is 3.71. The van der Waals surface area contributed by atoms with Crippen LogP contribution >= 0.6 is 24.0 Å². The van der Waals surface area contributed by atoms with Gasteiger partial charge in [0.05, 0.1) is 12.0 Å². The lowest BCUT2D eigenvalue weighted by molar-refractivity contribution is -0.145. The van der Waals surface area contributed by atoms with Crippen LogP contribution in [0.5, 0.6) is 11.5 Å². The summed E-state index contributed by atoms with van der Waals surface area (Å²) in [5.41, 5.74) is 3.40. The molecule has 0 bridgehead atoms. The van der Waals surface area contributed by atoms with Crippen LogP contribution in [0.4, 0.5) is 0 Å². The molecule has 0 radical (unpaired) electrons. The van der Waals surface area contributed by atoms with Crippen LogP contribution in [0.1, 0.15) is 28.3 Å². The summed E-state index contributed by atoms with van der Waals surface area (Å²) in [6.07, 6.45) is 1.68. The van der Waals surface area contributed by atoms with E-state index in [2.05, 4.69) is 0 Å². The minimum absolute atomic E-state index is 0.197. The summed E-state index contributed by atoms with van der Waals surface area (Å²) in [5.74, 6) is -0.494. The zero-order chi connectivity index (χ0) is 24.9. The molecule has 0 saturated carbocycles. The molecule has 35 heavy (non-hydrogen) atoms. The Bertz CT molecular complexity index is 1310. The monoisotopic (exact) mass is 505 g/mol. The number of benzene rings is 3. The van der Waals surface area contributed by atoms with E-state index in [0.717, 1.165) is 27.8 Å². The fraction of sp³-hybridized carbons (Fsp3) is 0.148. The van der Waals surface area contributed by atoms with Crippen LogP contribution in [0.25, 0.3) is 6.08 Å². The average molecular weight is 506 g/mol. The third-order valence-corrected chi connectivity index (χ3v) is 6.89. The zero-order valence-electron chi connectivity index (χ0n) is 19.1. The van der Waals surface area contributed by atoms with Gasteiger partial charge in [0.1, 0.15) is 10.9 Å². The van der Waals surface area contributed by atoms with Crippen molar-refractivity contribution >= 4 is 46.3 Å². The Morgan fingerprint density at radius 2 is 1.80 bits per heavy atom. The first-order valence-electron chi connectivity index (χ1n) is 10.8. The molecule has 1 atom stereocenters. The number of nitrogens with zero attached hydrogens (tertiary/aromatic N) is 1. The maximum atomic E-state index is 13.2. The summed E-state index contributed by atoms with van der Waals surface area (Å²) in [6, 6.07) is 20.7. The lowest BCUT2D eigenvalue weighted by Crippen LogP contribution is -2.37. The first-order valence-corrected chi connectivity index (χ1v) is 12.0. The van der Waals surface area contributed by atoms with Crippen molar-refractivity contribution in [2.75, 3.05) is 7.11 Å². The Hall–Kier alpha value is -3.62. The molecule has 0 spiro atoms. The van der Waals surface area contributed by atoms with Gasteiger partial charge in [-0.25, -0.2) is 4.79 Å². The number of hydrogen-bond donors (Lipinski definition) is 1. The molecule has 1 N–H and O–H groups in total. The van der Waals surface area contributed by atoms with Gasteiger partial charge in [-0.2, -0.15) is 0 Å². The molecule has 1 aliphatic rings. The molecule has 4 rings (SSSR count). The molecule has 3 aromatic rings. The Kier molecular flexibility index (Phi) is 7.53. The lowest BCUT2D eigenvalue weighted by Gasteiger charge is -2.23. The number of carboxylic acids is 1. The van der Waals surface area contributed by atoms with Crippen LogP contribution in [0.2, 0.25) is 0 Å². The van der Waals surface area contributed by atoms with E-state index in [1.54, 1.807) is 55.7 Å². The standard InChI is InChI=1S/C27H23NO5S2/c1-17-8-6-7-11-20(17)16-33-21-13-12-18(14-22(21)32-2)15-23-25(29)28(27(34)35-23)24(26(30)31)19-9-4-3-5-10-19/h3-15,24H,16H2,1-2H3,(H,30,31)/b23-15-. The van der Waals surface area contributed by atoms with E-state index in [0.29, 0.717) is 34.1 Å². The fourth-order valence-corrected chi connectivity index (χ4v) is 5.03. The van der Waals surface area contributed by atoms with Crippen molar-refractivity contribution in [3.05, 3.63) is 100.0 Å². The summed E-state index contributed by atoms with van der Waals surface area (Å²) < 4.78 is 11.7. The van der Waals surface area contributed by atoms with Crippen molar-refractivity contribution in [1.82, 2.24) is 4.90 Å². The molecule has 1 fully saturated rings.